The van der Waals surface area contributed by atoms with Crippen molar-refractivity contribution in [1.29, 1.82) is 0 Å². The van der Waals surface area contributed by atoms with Gasteiger partial charge in [-0.25, -0.2) is 8.42 Å². The third-order valence-electron chi connectivity index (χ3n) is 1.62. The molecule has 0 heterocycles. The van der Waals surface area contributed by atoms with Crippen LogP contribution in [0, 0.1) is 0 Å². The summed E-state index contributed by atoms with van der Waals surface area (Å²) in [6.45, 7) is 3.84. The lowest BCUT2D eigenvalue weighted by molar-refractivity contribution is 0.242. The van der Waals surface area contributed by atoms with Crippen molar-refractivity contribution in [2.45, 2.75) is 24.8 Å². The van der Waals surface area contributed by atoms with Crippen LogP contribution in [0.3, 0.4) is 0 Å². The van der Waals surface area contributed by atoms with Crippen LogP contribution in [0.5, 0.6) is 5.75 Å². The van der Waals surface area contributed by atoms with Gasteiger partial charge in [-0.3, -0.25) is 0 Å². The van der Waals surface area contributed by atoms with Crippen LogP contribution in [-0.2, 0) is 9.84 Å². The molecule has 0 atom stereocenters. The Morgan fingerprint density at radius 2 is 1.64 bits per heavy atom. The van der Waals surface area contributed by atoms with Gasteiger partial charge in [0.2, 0.25) is 0 Å². The summed E-state index contributed by atoms with van der Waals surface area (Å²) >= 11 is 0. The SMILES string of the molecule is CC(C)Oc1ccc(S(C)(=O)=O)cc1. The molecule has 0 aliphatic carbocycles. The molecule has 0 saturated carbocycles. The Hall–Kier alpha value is -1.03. The summed E-state index contributed by atoms with van der Waals surface area (Å²) in [7, 11) is -3.10. The van der Waals surface area contributed by atoms with Crippen LogP contribution in [0.15, 0.2) is 29.2 Å². The molecule has 0 aliphatic heterocycles. The summed E-state index contributed by atoms with van der Waals surface area (Å²) in [5, 5.41) is 0. The van der Waals surface area contributed by atoms with Gasteiger partial charge >= 0.3 is 0 Å². The van der Waals surface area contributed by atoms with Crippen molar-refractivity contribution in [2.24, 2.45) is 0 Å². The van der Waals surface area contributed by atoms with Crippen LogP contribution in [-0.4, -0.2) is 20.8 Å². The highest BCUT2D eigenvalue weighted by Gasteiger charge is 2.06. The molecule has 0 bridgehead atoms. The van der Waals surface area contributed by atoms with Crippen LogP contribution < -0.4 is 4.74 Å². The Balaban J connectivity index is 2.90. The van der Waals surface area contributed by atoms with Crippen molar-refractivity contribution in [2.75, 3.05) is 6.26 Å². The van der Waals surface area contributed by atoms with E-state index < -0.39 is 9.84 Å². The highest BCUT2D eigenvalue weighted by Crippen LogP contribution is 2.16. The summed E-state index contributed by atoms with van der Waals surface area (Å²) in [6.07, 6.45) is 1.28. The molecule has 0 fully saturated rings. The fourth-order valence-electron chi connectivity index (χ4n) is 1.04. The molecule has 3 nitrogen and oxygen atoms in total. The average molecular weight is 214 g/mol. The Morgan fingerprint density at radius 1 is 1.14 bits per heavy atom. The van der Waals surface area contributed by atoms with Crippen LogP contribution >= 0.6 is 0 Å². The zero-order chi connectivity index (χ0) is 10.8. The Morgan fingerprint density at radius 3 is 2.00 bits per heavy atom. The van der Waals surface area contributed by atoms with Gasteiger partial charge < -0.3 is 4.74 Å². The van der Waals surface area contributed by atoms with Gasteiger partial charge in [0.05, 0.1) is 11.0 Å². The molecule has 0 amide bonds. The number of rotatable bonds is 3. The van der Waals surface area contributed by atoms with E-state index in [2.05, 4.69) is 0 Å². The van der Waals surface area contributed by atoms with E-state index in [0.717, 1.165) is 0 Å². The van der Waals surface area contributed by atoms with E-state index in [1.807, 2.05) is 13.8 Å². The van der Waals surface area contributed by atoms with Gasteiger partial charge in [0.1, 0.15) is 5.75 Å². The number of benzene rings is 1. The van der Waals surface area contributed by atoms with E-state index in [4.69, 9.17) is 4.74 Å². The molecular weight excluding hydrogens is 200 g/mol. The van der Waals surface area contributed by atoms with Gasteiger partial charge in [-0.2, -0.15) is 0 Å². The first-order valence-corrected chi connectivity index (χ1v) is 6.25. The molecule has 1 rings (SSSR count). The molecule has 0 N–H and O–H groups in total. The van der Waals surface area contributed by atoms with Crippen molar-refractivity contribution in [1.82, 2.24) is 0 Å². The highest BCUT2D eigenvalue weighted by molar-refractivity contribution is 7.90. The van der Waals surface area contributed by atoms with E-state index in [1.54, 1.807) is 24.3 Å². The molecule has 0 aliphatic rings. The van der Waals surface area contributed by atoms with E-state index in [0.29, 0.717) is 10.6 Å². The fraction of sp³-hybridized carbons (Fsp3) is 0.400. The van der Waals surface area contributed by atoms with Crippen molar-refractivity contribution in [3.05, 3.63) is 24.3 Å². The summed E-state index contributed by atoms with van der Waals surface area (Å²) < 4.78 is 27.6. The van der Waals surface area contributed by atoms with Crippen molar-refractivity contribution in [3.8, 4) is 5.75 Å². The van der Waals surface area contributed by atoms with Crippen LogP contribution in [0.25, 0.3) is 0 Å². The lowest BCUT2D eigenvalue weighted by Crippen LogP contribution is -2.05. The smallest absolute Gasteiger partial charge is 0.175 e. The normalized spacial score (nSPS) is 11.7. The summed E-state index contributed by atoms with van der Waals surface area (Å²) in [4.78, 5) is 0.314. The van der Waals surface area contributed by atoms with Gasteiger partial charge in [-0.1, -0.05) is 0 Å². The van der Waals surface area contributed by atoms with Gasteiger partial charge in [0, 0.05) is 6.26 Å². The highest BCUT2D eigenvalue weighted by atomic mass is 32.2. The molecule has 78 valence electrons. The van der Waals surface area contributed by atoms with Gasteiger partial charge in [0.15, 0.2) is 9.84 Å². The monoisotopic (exact) mass is 214 g/mol. The Kier molecular flexibility index (Phi) is 3.16. The topological polar surface area (TPSA) is 43.4 Å². The van der Waals surface area contributed by atoms with E-state index in [1.165, 1.54) is 6.26 Å². The molecule has 14 heavy (non-hydrogen) atoms. The number of sulfone groups is 1. The van der Waals surface area contributed by atoms with Crippen LogP contribution in [0.2, 0.25) is 0 Å². The molecule has 0 saturated heterocycles. The lowest BCUT2D eigenvalue weighted by Gasteiger charge is -2.09. The predicted molar refractivity (Wildman–Crippen MR) is 55.3 cm³/mol. The minimum Gasteiger partial charge on any atom is -0.491 e. The summed E-state index contributed by atoms with van der Waals surface area (Å²) in [5.41, 5.74) is 0. The van der Waals surface area contributed by atoms with Crippen molar-refractivity contribution in [3.63, 3.8) is 0 Å². The van der Waals surface area contributed by atoms with E-state index in [9.17, 15) is 8.42 Å². The summed E-state index contributed by atoms with van der Waals surface area (Å²) in [5.74, 6) is 0.687. The molecule has 1 aromatic rings. The quantitative estimate of drug-likeness (QED) is 0.771. The predicted octanol–water partition coefficient (Wildman–Crippen LogP) is 1.88. The molecule has 0 spiro atoms. The minimum absolute atomic E-state index is 0.0964. The van der Waals surface area contributed by atoms with Gasteiger partial charge in [-0.15, -0.1) is 0 Å². The number of ether oxygens (including phenoxy) is 1. The summed E-state index contributed by atoms with van der Waals surface area (Å²) in [6, 6.07) is 6.42. The minimum atomic E-state index is -3.10. The number of hydrogen-bond acceptors (Lipinski definition) is 3. The molecular formula is C10H14O3S. The van der Waals surface area contributed by atoms with Crippen LogP contribution in [0.4, 0.5) is 0 Å². The molecule has 0 aromatic heterocycles. The molecule has 0 unspecified atom stereocenters. The maximum absolute atomic E-state index is 11.1. The second kappa shape index (κ2) is 4.00. The zero-order valence-electron chi connectivity index (χ0n) is 8.52. The second-order valence-corrected chi connectivity index (χ2v) is 5.43. The maximum atomic E-state index is 11.1. The van der Waals surface area contributed by atoms with Gasteiger partial charge in [-0.05, 0) is 38.1 Å². The Labute approximate surface area is 84.6 Å². The second-order valence-electron chi connectivity index (χ2n) is 3.41. The Bertz CT molecular complexity index is 390. The van der Waals surface area contributed by atoms with Crippen LogP contribution in [0.1, 0.15) is 13.8 Å². The fourth-order valence-corrected chi connectivity index (χ4v) is 1.67. The average Bonchev–Trinajstić information content (AvgIpc) is 2.02. The number of hydrogen-bond donors (Lipinski definition) is 0. The van der Waals surface area contributed by atoms with Gasteiger partial charge in [0.25, 0.3) is 0 Å². The molecule has 4 heteroatoms. The van der Waals surface area contributed by atoms with Crippen molar-refractivity contribution < 1.29 is 13.2 Å². The first-order chi connectivity index (χ1) is 6.39. The third-order valence-corrected chi connectivity index (χ3v) is 2.75. The van der Waals surface area contributed by atoms with E-state index in [-0.39, 0.29) is 6.10 Å². The largest absolute Gasteiger partial charge is 0.491 e. The van der Waals surface area contributed by atoms with Crippen molar-refractivity contribution >= 4 is 9.84 Å². The zero-order valence-corrected chi connectivity index (χ0v) is 9.34. The first kappa shape index (κ1) is 11.0. The molecule has 1 aromatic carbocycles. The first-order valence-electron chi connectivity index (χ1n) is 4.36. The molecule has 0 radical (unpaired) electrons. The standard InChI is InChI=1S/C10H14O3S/c1-8(2)13-9-4-6-10(7-5-9)14(3,11)12/h4-8H,1-3H3. The van der Waals surface area contributed by atoms with E-state index >= 15 is 0 Å². The lowest BCUT2D eigenvalue weighted by atomic mass is 10.3. The maximum Gasteiger partial charge on any atom is 0.175 e. The third kappa shape index (κ3) is 3.03.